The van der Waals surface area contributed by atoms with Crippen LogP contribution in [-0.2, 0) is 10.8 Å². The lowest BCUT2D eigenvalue weighted by Crippen LogP contribution is -2.45. The quantitative estimate of drug-likeness (QED) is 0.113. The molecule has 0 aromatic heterocycles. The van der Waals surface area contributed by atoms with Crippen molar-refractivity contribution in [3.8, 4) is 0 Å². The summed E-state index contributed by atoms with van der Waals surface area (Å²) in [6, 6.07) is 41.6. The minimum Gasteiger partial charge on any atom is -0.344 e. The van der Waals surface area contributed by atoms with Gasteiger partial charge in [-0.2, -0.15) is 4.58 Å². The normalized spacial score (nSPS) is 24.6. The van der Waals surface area contributed by atoms with E-state index in [-0.39, 0.29) is 10.8 Å². The number of benzene rings is 4. The third-order valence-electron chi connectivity index (χ3n) is 12.2. The van der Waals surface area contributed by atoms with Crippen LogP contribution in [0, 0.1) is 0 Å². The number of allylic oxidation sites excluding steroid dienone is 6. The average Bonchev–Trinajstić information content (AvgIpc) is 3.68. The van der Waals surface area contributed by atoms with E-state index in [4.69, 9.17) is 0 Å². The number of hydrogen-bond acceptors (Lipinski definition) is 1. The van der Waals surface area contributed by atoms with E-state index in [9.17, 15) is 0 Å². The van der Waals surface area contributed by atoms with Gasteiger partial charge in [0, 0.05) is 35.0 Å². The van der Waals surface area contributed by atoms with Crippen LogP contribution < -0.4 is 15.5 Å². The maximum atomic E-state index is 2.79. The molecule has 0 radical (unpaired) electrons. The van der Waals surface area contributed by atoms with Gasteiger partial charge in [0.25, 0.3) is 0 Å². The molecule has 2 atom stereocenters. The lowest BCUT2D eigenvalue weighted by molar-refractivity contribution is -0.434. The summed E-state index contributed by atoms with van der Waals surface area (Å²) in [5.74, 6) is 0. The Hall–Kier alpha value is -4.00. The fraction of sp³-hybridized carbons (Fsp3) is 0.326. The Labute approximate surface area is 294 Å². The first-order valence-electron chi connectivity index (χ1n) is 18.5. The van der Waals surface area contributed by atoms with Crippen LogP contribution >= 0.6 is 7.26 Å². The van der Waals surface area contributed by atoms with Crippen molar-refractivity contribution in [2.75, 3.05) is 18.0 Å². The highest BCUT2D eigenvalue weighted by Crippen LogP contribution is 2.75. The third kappa shape index (κ3) is 4.66. The Kier molecular flexibility index (Phi) is 7.96. The topological polar surface area (TPSA) is 6.25 Å². The van der Waals surface area contributed by atoms with Crippen LogP contribution in [-0.4, -0.2) is 34.7 Å². The lowest BCUT2D eigenvalue weighted by atomic mass is 9.79. The van der Waals surface area contributed by atoms with Crippen molar-refractivity contribution in [2.24, 2.45) is 0 Å². The predicted molar refractivity (Wildman–Crippen MR) is 212 cm³/mol. The molecule has 1 saturated carbocycles. The molecular formula is C46H51N2P+2. The van der Waals surface area contributed by atoms with Gasteiger partial charge >= 0.3 is 0 Å². The highest BCUT2D eigenvalue weighted by molar-refractivity contribution is 7.92. The average molecular weight is 663 g/mol. The van der Waals surface area contributed by atoms with Gasteiger partial charge in [-0.15, -0.1) is 0 Å². The zero-order valence-corrected chi connectivity index (χ0v) is 31.1. The van der Waals surface area contributed by atoms with Gasteiger partial charge < -0.3 is 4.90 Å². The smallest absolute Gasteiger partial charge is 0.213 e. The molecule has 4 aliphatic rings. The fourth-order valence-electron chi connectivity index (χ4n) is 10.1. The molecule has 3 heteroatoms. The second-order valence-corrected chi connectivity index (χ2v) is 19.0. The van der Waals surface area contributed by atoms with E-state index in [0.29, 0.717) is 11.3 Å². The summed E-state index contributed by atoms with van der Waals surface area (Å²) in [4.78, 5) is 2.55. The Balaban J connectivity index is 1.38. The SMILES string of the molecule is CCN1/C(=C/C=C2\CCCC3=CC(C4=[N+](CC)c5ccccc5C4(C)C)[P+](c4ccccc4)(c4ccccc4)C32)C(C)(C)c2ccccc21. The Bertz CT molecular complexity index is 1990. The fourth-order valence-corrected chi connectivity index (χ4v) is 16.1. The summed E-state index contributed by atoms with van der Waals surface area (Å²) in [5, 5.41) is 3.06. The number of likely N-dealkylation sites (N-methyl/N-ethyl adjacent to an activating group) is 1. The van der Waals surface area contributed by atoms with Crippen molar-refractivity contribution in [3.05, 3.63) is 155 Å². The standard InChI is InChI=1S/C46H51N2P/c1-7-47-39-28-17-15-26-37(39)45(3,4)42(47)31-30-33-20-19-21-34-32-41(44-46(5,6)38-27-16-18-29-40(38)48(44)8-2)49(43(33)34,35-22-11-9-12-23-35)36-24-13-10-14-25-36/h9-18,22-32,41,43H,7-8,19-21H2,1-6H3/q+2/b33-30+,42-31+. The van der Waals surface area contributed by atoms with Crippen molar-refractivity contribution in [1.29, 1.82) is 0 Å². The van der Waals surface area contributed by atoms with Gasteiger partial charge in [0.15, 0.2) is 5.66 Å². The zero-order valence-electron chi connectivity index (χ0n) is 30.2. The predicted octanol–water partition coefficient (Wildman–Crippen LogP) is 10.2. The molecule has 2 nitrogen and oxygen atoms in total. The van der Waals surface area contributed by atoms with Gasteiger partial charge in [-0.05, 0) is 106 Å². The van der Waals surface area contributed by atoms with Crippen LogP contribution in [0.15, 0.2) is 144 Å². The molecule has 4 aromatic rings. The summed E-state index contributed by atoms with van der Waals surface area (Å²) in [5.41, 5.74) is 12.5. The maximum absolute atomic E-state index is 2.79. The van der Waals surface area contributed by atoms with Gasteiger partial charge in [0.1, 0.15) is 30.1 Å². The molecule has 0 spiro atoms. The summed E-state index contributed by atoms with van der Waals surface area (Å²) >= 11 is 0. The van der Waals surface area contributed by atoms with Gasteiger partial charge in [-0.25, -0.2) is 0 Å². The first-order chi connectivity index (χ1) is 23.8. The van der Waals surface area contributed by atoms with E-state index < -0.39 is 7.26 Å². The van der Waals surface area contributed by atoms with E-state index >= 15 is 0 Å². The van der Waals surface area contributed by atoms with Gasteiger partial charge in [0.05, 0.1) is 5.41 Å². The number of anilines is 1. The zero-order chi connectivity index (χ0) is 34.0. The minimum atomic E-state index is -2.11. The largest absolute Gasteiger partial charge is 0.344 e. The highest BCUT2D eigenvalue weighted by atomic mass is 31.2. The molecule has 248 valence electrons. The molecular weight excluding hydrogens is 611 g/mol. The van der Waals surface area contributed by atoms with Crippen LogP contribution in [0.5, 0.6) is 0 Å². The van der Waals surface area contributed by atoms with Crippen LogP contribution in [0.4, 0.5) is 11.4 Å². The lowest BCUT2D eigenvalue weighted by Gasteiger charge is -2.38. The number of nitrogens with zero attached hydrogens (tertiary/aromatic N) is 2. The molecule has 1 fully saturated rings. The minimum absolute atomic E-state index is 0.0442. The molecule has 0 saturated heterocycles. The number of para-hydroxylation sites is 2. The van der Waals surface area contributed by atoms with Gasteiger partial charge in [0.2, 0.25) is 11.4 Å². The second-order valence-electron chi connectivity index (χ2n) is 15.3. The number of hydrogen-bond donors (Lipinski definition) is 0. The summed E-state index contributed by atoms with van der Waals surface area (Å²) < 4.78 is 2.69. The molecule has 49 heavy (non-hydrogen) atoms. The van der Waals surface area contributed by atoms with Gasteiger partial charge in [-0.3, -0.25) is 0 Å². The number of fused-ring (bicyclic) bond motifs is 3. The van der Waals surface area contributed by atoms with E-state index in [2.05, 4.69) is 178 Å². The van der Waals surface area contributed by atoms with Crippen molar-refractivity contribution >= 4 is 35.0 Å². The molecule has 1 aliphatic carbocycles. The summed E-state index contributed by atoms with van der Waals surface area (Å²) in [6.45, 7) is 16.4. The summed E-state index contributed by atoms with van der Waals surface area (Å²) in [6.07, 6.45) is 11.4. The van der Waals surface area contributed by atoms with Crippen LogP contribution in [0.25, 0.3) is 0 Å². The number of rotatable bonds is 6. The molecule has 0 amide bonds. The molecule has 4 aromatic carbocycles. The van der Waals surface area contributed by atoms with Crippen molar-refractivity contribution in [1.82, 2.24) is 0 Å². The van der Waals surface area contributed by atoms with Crippen molar-refractivity contribution in [2.45, 2.75) is 83.0 Å². The monoisotopic (exact) mass is 662 g/mol. The van der Waals surface area contributed by atoms with E-state index in [1.165, 1.54) is 51.6 Å². The van der Waals surface area contributed by atoms with Crippen LogP contribution in [0.2, 0.25) is 0 Å². The third-order valence-corrected chi connectivity index (χ3v) is 17.2. The maximum Gasteiger partial charge on any atom is 0.213 e. The Morgan fingerprint density at radius 1 is 0.714 bits per heavy atom. The molecule has 0 N–H and O–H groups in total. The van der Waals surface area contributed by atoms with Crippen LogP contribution in [0.3, 0.4) is 0 Å². The Morgan fingerprint density at radius 3 is 1.98 bits per heavy atom. The van der Waals surface area contributed by atoms with Crippen molar-refractivity contribution < 1.29 is 4.58 Å². The first-order valence-corrected chi connectivity index (χ1v) is 20.4. The molecule has 0 bridgehead atoms. The molecule has 3 heterocycles. The molecule has 3 aliphatic heterocycles. The van der Waals surface area contributed by atoms with E-state index in [1.807, 2.05) is 0 Å². The first kappa shape index (κ1) is 32.2. The van der Waals surface area contributed by atoms with E-state index in [0.717, 1.165) is 19.5 Å². The van der Waals surface area contributed by atoms with E-state index in [1.54, 1.807) is 16.9 Å². The molecule has 8 rings (SSSR count). The Morgan fingerprint density at radius 2 is 1.33 bits per heavy atom. The molecule has 2 unspecified atom stereocenters. The van der Waals surface area contributed by atoms with Crippen LogP contribution in [0.1, 0.15) is 71.9 Å². The van der Waals surface area contributed by atoms with Gasteiger partial charge in [-0.1, -0.05) is 92.7 Å². The summed E-state index contributed by atoms with van der Waals surface area (Å²) in [7, 11) is -2.11. The van der Waals surface area contributed by atoms with Crippen molar-refractivity contribution in [3.63, 3.8) is 0 Å². The second kappa shape index (κ2) is 12.1. The highest BCUT2D eigenvalue weighted by Gasteiger charge is 2.68.